The molecule has 74 valence electrons. The molecule has 0 aliphatic heterocycles. The topological polar surface area (TPSA) is 17.1 Å². The number of carbonyl (C=O) groups is 1. The van der Waals surface area contributed by atoms with Gasteiger partial charge in [-0.1, -0.05) is 26.2 Å². The zero-order chi connectivity index (χ0) is 9.31. The molecule has 0 N–H and O–H groups in total. The van der Waals surface area contributed by atoms with E-state index >= 15 is 0 Å². The zero-order valence-corrected chi connectivity index (χ0v) is 8.64. The van der Waals surface area contributed by atoms with Crippen molar-refractivity contribution in [1.82, 2.24) is 0 Å². The van der Waals surface area contributed by atoms with E-state index in [4.69, 9.17) is 0 Å². The Morgan fingerprint density at radius 2 is 1.85 bits per heavy atom. The van der Waals surface area contributed by atoms with E-state index < -0.39 is 0 Å². The maximum absolute atomic E-state index is 12.0. The van der Waals surface area contributed by atoms with Gasteiger partial charge in [0.1, 0.15) is 5.78 Å². The lowest BCUT2D eigenvalue weighted by molar-refractivity contribution is -0.129. The summed E-state index contributed by atoms with van der Waals surface area (Å²) in [6.07, 6.45) is 9.68. The highest BCUT2D eigenvalue weighted by Crippen LogP contribution is 2.41. The second kappa shape index (κ2) is 3.43. The van der Waals surface area contributed by atoms with Crippen molar-refractivity contribution in [3.63, 3.8) is 0 Å². The molecule has 0 unspecified atom stereocenters. The first-order chi connectivity index (χ1) is 6.21. The van der Waals surface area contributed by atoms with E-state index in [0.717, 1.165) is 25.2 Å². The van der Waals surface area contributed by atoms with Crippen LogP contribution in [0.1, 0.15) is 58.3 Å². The predicted octanol–water partition coefficient (Wildman–Crippen LogP) is 3.33. The number of ketones is 1. The summed E-state index contributed by atoms with van der Waals surface area (Å²) in [5.41, 5.74) is 0.0703. The highest BCUT2D eigenvalue weighted by atomic mass is 16.1. The molecule has 0 bridgehead atoms. The van der Waals surface area contributed by atoms with Crippen LogP contribution in [0.4, 0.5) is 0 Å². The molecule has 2 fully saturated rings. The lowest BCUT2D eigenvalue weighted by Gasteiger charge is -2.32. The van der Waals surface area contributed by atoms with E-state index in [1.54, 1.807) is 0 Å². The zero-order valence-electron chi connectivity index (χ0n) is 8.64. The van der Waals surface area contributed by atoms with Gasteiger partial charge in [0.2, 0.25) is 0 Å². The van der Waals surface area contributed by atoms with Crippen molar-refractivity contribution < 1.29 is 4.79 Å². The molecule has 0 amide bonds. The Hall–Kier alpha value is -0.330. The minimum absolute atomic E-state index is 0.0703. The van der Waals surface area contributed by atoms with Crippen molar-refractivity contribution in [2.24, 2.45) is 11.3 Å². The average Bonchev–Trinajstić information content (AvgIpc) is 2.89. The third-order valence-electron chi connectivity index (χ3n) is 3.80. The summed E-state index contributed by atoms with van der Waals surface area (Å²) in [6.45, 7) is 2.19. The summed E-state index contributed by atoms with van der Waals surface area (Å²) in [6, 6.07) is 0. The number of hydrogen-bond donors (Lipinski definition) is 0. The van der Waals surface area contributed by atoms with Gasteiger partial charge in [-0.05, 0) is 31.6 Å². The monoisotopic (exact) mass is 180 g/mol. The minimum atomic E-state index is 0.0703. The van der Waals surface area contributed by atoms with Crippen LogP contribution in [0.2, 0.25) is 0 Å². The maximum atomic E-state index is 12.0. The van der Waals surface area contributed by atoms with Crippen LogP contribution in [0.15, 0.2) is 0 Å². The van der Waals surface area contributed by atoms with E-state index in [2.05, 4.69) is 6.92 Å². The maximum Gasteiger partial charge on any atom is 0.139 e. The van der Waals surface area contributed by atoms with Gasteiger partial charge in [0.05, 0.1) is 0 Å². The lowest BCUT2D eigenvalue weighted by atomic mass is 9.71. The summed E-state index contributed by atoms with van der Waals surface area (Å²) < 4.78 is 0. The van der Waals surface area contributed by atoms with Gasteiger partial charge in [0, 0.05) is 11.8 Å². The first-order valence-corrected chi connectivity index (χ1v) is 5.74. The number of rotatable bonds is 3. The van der Waals surface area contributed by atoms with Gasteiger partial charge < -0.3 is 0 Å². The van der Waals surface area contributed by atoms with E-state index in [1.807, 2.05) is 0 Å². The van der Waals surface area contributed by atoms with Crippen molar-refractivity contribution in [2.75, 3.05) is 0 Å². The van der Waals surface area contributed by atoms with Crippen molar-refractivity contribution in [3.8, 4) is 0 Å². The summed E-state index contributed by atoms with van der Waals surface area (Å²) in [5, 5.41) is 0. The number of hydrogen-bond acceptors (Lipinski definition) is 1. The molecule has 1 heteroatoms. The molecule has 2 aliphatic carbocycles. The van der Waals surface area contributed by atoms with Gasteiger partial charge in [-0.3, -0.25) is 4.79 Å². The highest BCUT2D eigenvalue weighted by Gasteiger charge is 2.37. The summed E-state index contributed by atoms with van der Waals surface area (Å²) >= 11 is 0. The van der Waals surface area contributed by atoms with Crippen LogP contribution in [0.3, 0.4) is 0 Å². The SMILES string of the molecule is CC1(C(=O)CC2CC2)CCCCC1. The standard InChI is InChI=1S/C12H20O/c1-12(7-3-2-4-8-12)11(13)9-10-5-6-10/h10H,2-9H2,1H3. The fourth-order valence-electron chi connectivity index (χ4n) is 2.44. The molecule has 0 radical (unpaired) electrons. The van der Waals surface area contributed by atoms with Gasteiger partial charge in [0.25, 0.3) is 0 Å². The largest absolute Gasteiger partial charge is 0.299 e. The first-order valence-electron chi connectivity index (χ1n) is 5.74. The normalized spacial score (nSPS) is 27.2. The second-order valence-corrected chi connectivity index (χ2v) is 5.19. The van der Waals surface area contributed by atoms with E-state index in [-0.39, 0.29) is 5.41 Å². The van der Waals surface area contributed by atoms with Crippen LogP contribution in [-0.4, -0.2) is 5.78 Å². The summed E-state index contributed by atoms with van der Waals surface area (Å²) in [5.74, 6) is 1.33. The Bertz CT molecular complexity index is 197. The van der Waals surface area contributed by atoms with Gasteiger partial charge in [-0.25, -0.2) is 0 Å². The van der Waals surface area contributed by atoms with E-state index in [0.29, 0.717) is 5.78 Å². The molecule has 0 atom stereocenters. The van der Waals surface area contributed by atoms with E-state index in [9.17, 15) is 4.79 Å². The van der Waals surface area contributed by atoms with Gasteiger partial charge in [-0.2, -0.15) is 0 Å². The molecule has 2 saturated carbocycles. The molecule has 0 aromatic heterocycles. The molecule has 0 saturated heterocycles. The van der Waals surface area contributed by atoms with Crippen molar-refractivity contribution >= 4 is 5.78 Å². The summed E-state index contributed by atoms with van der Waals surface area (Å²) in [4.78, 5) is 12.0. The smallest absolute Gasteiger partial charge is 0.139 e. The Labute approximate surface area is 80.9 Å². The Morgan fingerprint density at radius 1 is 1.23 bits per heavy atom. The van der Waals surface area contributed by atoms with Gasteiger partial charge in [0.15, 0.2) is 0 Å². The van der Waals surface area contributed by atoms with Crippen LogP contribution in [-0.2, 0) is 4.79 Å². The minimum Gasteiger partial charge on any atom is -0.299 e. The second-order valence-electron chi connectivity index (χ2n) is 5.19. The van der Waals surface area contributed by atoms with Gasteiger partial charge in [-0.15, -0.1) is 0 Å². The van der Waals surface area contributed by atoms with Crippen molar-refractivity contribution in [2.45, 2.75) is 58.3 Å². The summed E-state index contributed by atoms with van der Waals surface area (Å²) in [7, 11) is 0. The first kappa shape index (κ1) is 9.23. The number of Topliss-reactive ketones (excluding diaryl/α,β-unsaturated/α-hetero) is 1. The Balaban J connectivity index is 1.90. The van der Waals surface area contributed by atoms with Crippen LogP contribution in [0, 0.1) is 11.3 Å². The van der Waals surface area contributed by atoms with Crippen LogP contribution in [0.5, 0.6) is 0 Å². The molecule has 0 heterocycles. The molecular weight excluding hydrogens is 160 g/mol. The third-order valence-corrected chi connectivity index (χ3v) is 3.80. The van der Waals surface area contributed by atoms with E-state index in [1.165, 1.54) is 32.1 Å². The predicted molar refractivity (Wildman–Crippen MR) is 53.5 cm³/mol. The highest BCUT2D eigenvalue weighted by molar-refractivity contribution is 5.84. The molecule has 2 rings (SSSR count). The molecule has 1 nitrogen and oxygen atoms in total. The van der Waals surface area contributed by atoms with Crippen molar-refractivity contribution in [3.05, 3.63) is 0 Å². The molecule has 0 spiro atoms. The molecular formula is C12H20O. The Kier molecular flexibility index (Phi) is 2.44. The van der Waals surface area contributed by atoms with Crippen LogP contribution in [0.25, 0.3) is 0 Å². The number of carbonyl (C=O) groups excluding carboxylic acids is 1. The average molecular weight is 180 g/mol. The van der Waals surface area contributed by atoms with Crippen molar-refractivity contribution in [1.29, 1.82) is 0 Å². The quantitative estimate of drug-likeness (QED) is 0.651. The van der Waals surface area contributed by atoms with Crippen LogP contribution >= 0.6 is 0 Å². The molecule has 0 aromatic rings. The molecule has 0 aromatic carbocycles. The molecule has 13 heavy (non-hydrogen) atoms. The lowest BCUT2D eigenvalue weighted by Crippen LogP contribution is -2.30. The fraction of sp³-hybridized carbons (Fsp3) is 0.917. The fourth-order valence-corrected chi connectivity index (χ4v) is 2.44. The van der Waals surface area contributed by atoms with Crippen LogP contribution < -0.4 is 0 Å². The molecule has 2 aliphatic rings. The van der Waals surface area contributed by atoms with Gasteiger partial charge >= 0.3 is 0 Å². The Morgan fingerprint density at radius 3 is 2.38 bits per heavy atom. The third kappa shape index (κ3) is 2.12.